The fourth-order valence-electron chi connectivity index (χ4n) is 1.91. The Hall–Kier alpha value is -1.69. The molecule has 0 saturated heterocycles. The van der Waals surface area contributed by atoms with Crippen LogP contribution in [-0.2, 0) is 21.0 Å². The van der Waals surface area contributed by atoms with Gasteiger partial charge in [0, 0.05) is 7.05 Å². The maximum Gasteiger partial charge on any atom is 0.251 e. The van der Waals surface area contributed by atoms with Crippen LogP contribution in [0.2, 0.25) is 0 Å². The predicted molar refractivity (Wildman–Crippen MR) is 80.2 cm³/mol. The zero-order chi connectivity index (χ0) is 15.7. The smallest absolute Gasteiger partial charge is 0.251 e. The highest BCUT2D eigenvalue weighted by atomic mass is 16.7. The monoisotopic (exact) mass is 293 g/mol. The second kappa shape index (κ2) is 9.28. The average molecular weight is 293 g/mol. The fourth-order valence-corrected chi connectivity index (χ4v) is 1.91. The van der Waals surface area contributed by atoms with Crippen LogP contribution in [0.25, 0.3) is 0 Å². The summed E-state index contributed by atoms with van der Waals surface area (Å²) in [4.78, 5) is 16.9. The largest absolute Gasteiger partial charge is 0.390 e. The first-order chi connectivity index (χ1) is 10.1. The van der Waals surface area contributed by atoms with Crippen LogP contribution < -0.4 is 0 Å². The van der Waals surface area contributed by atoms with E-state index in [0.29, 0.717) is 13.0 Å². The summed E-state index contributed by atoms with van der Waals surface area (Å²) in [6, 6.07) is 9.66. The first-order valence-corrected chi connectivity index (χ1v) is 6.82. The molecule has 1 aromatic carbocycles. The van der Waals surface area contributed by atoms with Crippen LogP contribution in [0.5, 0.6) is 0 Å². The first kappa shape index (κ1) is 17.4. The van der Waals surface area contributed by atoms with E-state index in [1.54, 1.807) is 6.08 Å². The molecule has 5 heteroatoms. The molecule has 0 aromatic heterocycles. The van der Waals surface area contributed by atoms with Gasteiger partial charge in [-0.25, -0.2) is 5.06 Å². The summed E-state index contributed by atoms with van der Waals surface area (Å²) < 4.78 is 5.48. The lowest BCUT2D eigenvalue weighted by Gasteiger charge is -2.24. The van der Waals surface area contributed by atoms with Crippen LogP contribution in [0.3, 0.4) is 0 Å². The molecule has 1 rings (SSSR count). The summed E-state index contributed by atoms with van der Waals surface area (Å²) in [5, 5.41) is 11.3. The highest BCUT2D eigenvalue weighted by Gasteiger charge is 2.28. The predicted octanol–water partition coefficient (Wildman–Crippen LogP) is 1.78. The van der Waals surface area contributed by atoms with Crippen molar-refractivity contribution in [2.45, 2.75) is 19.1 Å². The van der Waals surface area contributed by atoms with Gasteiger partial charge >= 0.3 is 0 Å². The molecule has 116 valence electrons. The molecule has 0 aliphatic carbocycles. The molecule has 1 N–H and O–H groups in total. The van der Waals surface area contributed by atoms with E-state index in [2.05, 4.69) is 6.58 Å². The minimum Gasteiger partial charge on any atom is -0.390 e. The van der Waals surface area contributed by atoms with Crippen LogP contribution in [0.4, 0.5) is 0 Å². The molecule has 0 bridgehead atoms. The molecule has 5 nitrogen and oxygen atoms in total. The molecule has 2 atom stereocenters. The van der Waals surface area contributed by atoms with E-state index in [4.69, 9.17) is 9.57 Å². The zero-order valence-electron chi connectivity index (χ0n) is 12.6. The number of aliphatic hydroxyl groups is 1. The Balaban J connectivity index is 2.50. The Labute approximate surface area is 125 Å². The lowest BCUT2D eigenvalue weighted by Crippen LogP contribution is -2.40. The van der Waals surface area contributed by atoms with Gasteiger partial charge in [-0.05, 0) is 12.0 Å². The van der Waals surface area contributed by atoms with Crippen LogP contribution >= 0.6 is 0 Å². The standard InChI is InChI=1S/C16H23NO4/c1-4-8-14(16(19)17(2)20-3)15(18)12-21-11-13-9-6-5-7-10-13/h4-7,9-10,14-15,18H,1,8,11-12H2,2-3H3/t14-,15+/m0/s1. The van der Waals surface area contributed by atoms with Gasteiger partial charge < -0.3 is 9.84 Å². The molecule has 0 saturated carbocycles. The van der Waals surface area contributed by atoms with Gasteiger partial charge in [0.15, 0.2) is 0 Å². The van der Waals surface area contributed by atoms with Gasteiger partial charge in [-0.1, -0.05) is 36.4 Å². The Morgan fingerprint density at radius 2 is 2.10 bits per heavy atom. The summed E-state index contributed by atoms with van der Waals surface area (Å²) in [6.07, 6.45) is 1.06. The van der Waals surface area contributed by atoms with E-state index < -0.39 is 12.0 Å². The second-order valence-corrected chi connectivity index (χ2v) is 4.72. The van der Waals surface area contributed by atoms with Crippen molar-refractivity contribution in [2.24, 2.45) is 5.92 Å². The summed E-state index contributed by atoms with van der Waals surface area (Å²) in [6.45, 7) is 4.09. The lowest BCUT2D eigenvalue weighted by molar-refractivity contribution is -0.178. The number of hydrogen-bond donors (Lipinski definition) is 1. The van der Waals surface area contributed by atoms with Gasteiger partial charge in [-0.3, -0.25) is 9.63 Å². The highest BCUT2D eigenvalue weighted by Crippen LogP contribution is 2.14. The first-order valence-electron chi connectivity index (χ1n) is 6.82. The van der Waals surface area contributed by atoms with Crippen LogP contribution in [-0.4, -0.2) is 42.9 Å². The number of hydrogen-bond acceptors (Lipinski definition) is 4. The van der Waals surface area contributed by atoms with E-state index in [1.807, 2.05) is 30.3 Å². The van der Waals surface area contributed by atoms with Crippen molar-refractivity contribution in [1.82, 2.24) is 5.06 Å². The Bertz CT molecular complexity index is 435. The fraction of sp³-hybridized carbons (Fsp3) is 0.438. The SMILES string of the molecule is C=CC[C@H](C(=O)N(C)OC)[C@H](O)COCc1ccccc1. The second-order valence-electron chi connectivity index (χ2n) is 4.72. The third kappa shape index (κ3) is 5.67. The number of carbonyl (C=O) groups is 1. The molecule has 0 fully saturated rings. The van der Waals surface area contributed by atoms with E-state index in [0.717, 1.165) is 10.6 Å². The maximum atomic E-state index is 12.1. The molecule has 0 spiro atoms. The van der Waals surface area contributed by atoms with Gasteiger partial charge in [0.25, 0.3) is 5.91 Å². The quantitative estimate of drug-likeness (QED) is 0.557. The molecule has 0 aliphatic heterocycles. The molecule has 0 aliphatic rings. The average Bonchev–Trinajstić information content (AvgIpc) is 2.52. The summed E-state index contributed by atoms with van der Waals surface area (Å²) in [5.41, 5.74) is 1.02. The van der Waals surface area contributed by atoms with Crippen molar-refractivity contribution in [3.63, 3.8) is 0 Å². The zero-order valence-corrected chi connectivity index (χ0v) is 12.6. The molecule has 1 aromatic rings. The number of nitrogens with zero attached hydrogens (tertiary/aromatic N) is 1. The highest BCUT2D eigenvalue weighted by molar-refractivity contribution is 5.78. The Kier molecular flexibility index (Phi) is 7.68. The Morgan fingerprint density at radius 3 is 2.67 bits per heavy atom. The number of aliphatic hydroxyl groups excluding tert-OH is 1. The van der Waals surface area contributed by atoms with Gasteiger partial charge in [-0.2, -0.15) is 0 Å². The van der Waals surface area contributed by atoms with Crippen molar-refractivity contribution in [3.8, 4) is 0 Å². The van der Waals surface area contributed by atoms with Crippen molar-refractivity contribution in [1.29, 1.82) is 0 Å². The van der Waals surface area contributed by atoms with Crippen LogP contribution in [0.15, 0.2) is 43.0 Å². The number of ether oxygens (including phenoxy) is 1. The number of rotatable bonds is 9. The van der Waals surface area contributed by atoms with Crippen molar-refractivity contribution in [2.75, 3.05) is 20.8 Å². The van der Waals surface area contributed by atoms with E-state index in [9.17, 15) is 9.90 Å². The molecule has 0 radical (unpaired) electrons. The van der Waals surface area contributed by atoms with Gasteiger partial charge in [0.05, 0.1) is 32.3 Å². The lowest BCUT2D eigenvalue weighted by atomic mass is 9.98. The summed E-state index contributed by atoms with van der Waals surface area (Å²) in [5.74, 6) is -0.920. The summed E-state index contributed by atoms with van der Waals surface area (Å²) in [7, 11) is 2.91. The van der Waals surface area contributed by atoms with Crippen LogP contribution in [0, 0.1) is 5.92 Å². The van der Waals surface area contributed by atoms with E-state index >= 15 is 0 Å². The number of amides is 1. The van der Waals surface area contributed by atoms with Gasteiger partial charge in [0.1, 0.15) is 0 Å². The third-order valence-corrected chi connectivity index (χ3v) is 3.19. The minimum atomic E-state index is -0.906. The third-order valence-electron chi connectivity index (χ3n) is 3.19. The minimum absolute atomic E-state index is 0.0801. The van der Waals surface area contributed by atoms with E-state index in [-0.39, 0.29) is 12.5 Å². The van der Waals surface area contributed by atoms with Crippen LogP contribution in [0.1, 0.15) is 12.0 Å². The number of benzene rings is 1. The molecular formula is C16H23NO4. The molecule has 0 unspecified atom stereocenters. The van der Waals surface area contributed by atoms with Gasteiger partial charge in [0.2, 0.25) is 0 Å². The Morgan fingerprint density at radius 1 is 1.43 bits per heavy atom. The molecule has 21 heavy (non-hydrogen) atoms. The molecular weight excluding hydrogens is 270 g/mol. The number of allylic oxidation sites excluding steroid dienone is 1. The maximum absolute atomic E-state index is 12.1. The number of hydroxylamine groups is 2. The van der Waals surface area contributed by atoms with Gasteiger partial charge in [-0.15, -0.1) is 6.58 Å². The number of carbonyl (C=O) groups excluding carboxylic acids is 1. The molecule has 1 amide bonds. The normalized spacial score (nSPS) is 13.5. The van der Waals surface area contributed by atoms with Crippen molar-refractivity contribution < 1.29 is 19.5 Å². The topological polar surface area (TPSA) is 59.0 Å². The van der Waals surface area contributed by atoms with Crippen molar-refractivity contribution >= 4 is 5.91 Å². The molecule has 0 heterocycles. The summed E-state index contributed by atoms with van der Waals surface area (Å²) >= 11 is 0. The van der Waals surface area contributed by atoms with Crippen molar-refractivity contribution in [3.05, 3.63) is 48.6 Å². The van der Waals surface area contributed by atoms with E-state index in [1.165, 1.54) is 14.2 Å².